The van der Waals surface area contributed by atoms with Gasteiger partial charge in [-0.05, 0) is 49.2 Å². The zero-order valence-corrected chi connectivity index (χ0v) is 12.8. The molecule has 0 saturated carbocycles. The number of benzene rings is 1. The zero-order chi connectivity index (χ0) is 15.4. The summed E-state index contributed by atoms with van der Waals surface area (Å²) in [5, 5.41) is 13.6. The third kappa shape index (κ3) is 3.80. The topological polar surface area (TPSA) is 61.8 Å². The summed E-state index contributed by atoms with van der Waals surface area (Å²) in [6, 6.07) is 8.78. The van der Waals surface area contributed by atoms with Crippen molar-refractivity contribution in [3.63, 3.8) is 0 Å². The molecule has 0 aliphatic rings. The maximum atomic E-state index is 13.6. The van der Waals surface area contributed by atoms with E-state index in [1.807, 2.05) is 18.5 Å². The Kier molecular flexibility index (Phi) is 4.93. The Morgan fingerprint density at radius 2 is 2.24 bits per heavy atom. The van der Waals surface area contributed by atoms with Crippen LogP contribution in [0, 0.1) is 5.82 Å². The highest BCUT2D eigenvalue weighted by molar-refractivity contribution is 7.10. The minimum atomic E-state index is -0.397. The van der Waals surface area contributed by atoms with Gasteiger partial charge in [-0.15, -0.1) is 11.3 Å². The van der Waals surface area contributed by atoms with Gasteiger partial charge in [0.05, 0.1) is 0 Å². The van der Waals surface area contributed by atoms with Crippen LogP contribution in [0.25, 0.3) is 0 Å². The van der Waals surface area contributed by atoms with Crippen molar-refractivity contribution < 1.29 is 9.60 Å². The van der Waals surface area contributed by atoms with Crippen LogP contribution < -0.4 is 5.73 Å². The van der Waals surface area contributed by atoms with E-state index < -0.39 is 5.82 Å². The summed E-state index contributed by atoms with van der Waals surface area (Å²) in [7, 11) is 1.98. The Balaban J connectivity index is 2.17. The van der Waals surface area contributed by atoms with E-state index >= 15 is 0 Å². The van der Waals surface area contributed by atoms with Crippen molar-refractivity contribution in [2.24, 2.45) is 10.9 Å². The Morgan fingerprint density at radius 3 is 2.86 bits per heavy atom. The van der Waals surface area contributed by atoms with E-state index in [4.69, 9.17) is 10.9 Å². The maximum absolute atomic E-state index is 13.6. The molecule has 1 unspecified atom stereocenters. The average Bonchev–Trinajstić information content (AvgIpc) is 2.99. The lowest BCUT2D eigenvalue weighted by molar-refractivity contribution is 0.256. The number of nitrogens with zero attached hydrogens (tertiary/aromatic N) is 2. The zero-order valence-electron chi connectivity index (χ0n) is 12.0. The van der Waals surface area contributed by atoms with Gasteiger partial charge in [0.15, 0.2) is 5.84 Å². The quantitative estimate of drug-likeness (QED) is 0.386. The summed E-state index contributed by atoms with van der Waals surface area (Å²) in [5.74, 6) is -0.490. The summed E-state index contributed by atoms with van der Waals surface area (Å²) < 4.78 is 13.6. The van der Waals surface area contributed by atoms with Crippen molar-refractivity contribution in [2.75, 3.05) is 7.05 Å². The molecule has 0 aliphatic carbocycles. The standard InChI is InChI=1S/C15H18FN3OS/c1-10(14-4-3-5-21-14)19(2)9-11-6-12(15(17)18-20)8-13(16)7-11/h3-8,10,20H,9H2,1-2H3,(H2,17,18). The predicted molar refractivity (Wildman–Crippen MR) is 83.1 cm³/mol. The van der Waals surface area contributed by atoms with Crippen molar-refractivity contribution in [2.45, 2.75) is 19.5 Å². The van der Waals surface area contributed by atoms with Gasteiger partial charge in [-0.2, -0.15) is 0 Å². The first-order valence-electron chi connectivity index (χ1n) is 6.52. The molecular formula is C15H18FN3OS. The fraction of sp³-hybridized carbons (Fsp3) is 0.267. The molecule has 2 rings (SSSR count). The number of thiophene rings is 1. The van der Waals surface area contributed by atoms with Crippen LogP contribution >= 0.6 is 11.3 Å². The van der Waals surface area contributed by atoms with E-state index in [-0.39, 0.29) is 11.9 Å². The Morgan fingerprint density at radius 1 is 1.48 bits per heavy atom. The molecule has 1 aromatic heterocycles. The highest BCUT2D eigenvalue weighted by Gasteiger charge is 2.14. The number of halogens is 1. The van der Waals surface area contributed by atoms with Gasteiger partial charge in [0.25, 0.3) is 0 Å². The average molecular weight is 307 g/mol. The van der Waals surface area contributed by atoms with E-state index in [0.29, 0.717) is 12.1 Å². The summed E-state index contributed by atoms with van der Waals surface area (Å²) in [6.45, 7) is 2.68. The Hall–Kier alpha value is -1.92. The van der Waals surface area contributed by atoms with Crippen LogP contribution in [-0.4, -0.2) is 23.0 Å². The van der Waals surface area contributed by atoms with Gasteiger partial charge >= 0.3 is 0 Å². The largest absolute Gasteiger partial charge is 0.409 e. The summed E-state index contributed by atoms with van der Waals surface area (Å²) in [5.41, 5.74) is 6.68. The van der Waals surface area contributed by atoms with Crippen LogP contribution in [0.2, 0.25) is 0 Å². The minimum absolute atomic E-state index is 0.0929. The molecule has 112 valence electrons. The lowest BCUT2D eigenvalue weighted by Gasteiger charge is -2.24. The molecule has 0 spiro atoms. The molecule has 0 fully saturated rings. The van der Waals surface area contributed by atoms with Gasteiger partial charge < -0.3 is 10.9 Å². The molecule has 1 heterocycles. The molecule has 1 aromatic carbocycles. The third-order valence-electron chi connectivity index (χ3n) is 3.41. The summed E-state index contributed by atoms with van der Waals surface area (Å²) in [4.78, 5) is 3.38. The van der Waals surface area contributed by atoms with E-state index in [1.54, 1.807) is 17.4 Å². The van der Waals surface area contributed by atoms with Crippen molar-refractivity contribution in [1.29, 1.82) is 0 Å². The smallest absolute Gasteiger partial charge is 0.170 e. The van der Waals surface area contributed by atoms with Crippen molar-refractivity contribution in [1.82, 2.24) is 4.90 Å². The van der Waals surface area contributed by atoms with Crippen molar-refractivity contribution in [3.8, 4) is 0 Å². The van der Waals surface area contributed by atoms with Gasteiger partial charge in [-0.1, -0.05) is 11.2 Å². The highest BCUT2D eigenvalue weighted by Crippen LogP contribution is 2.25. The molecule has 0 aliphatic heterocycles. The second-order valence-electron chi connectivity index (χ2n) is 4.94. The monoisotopic (exact) mass is 307 g/mol. The first-order valence-corrected chi connectivity index (χ1v) is 7.40. The molecule has 2 aromatic rings. The van der Waals surface area contributed by atoms with E-state index in [2.05, 4.69) is 23.0 Å². The fourth-order valence-electron chi connectivity index (χ4n) is 2.12. The minimum Gasteiger partial charge on any atom is -0.409 e. The Labute approximate surface area is 127 Å². The highest BCUT2D eigenvalue weighted by atomic mass is 32.1. The van der Waals surface area contributed by atoms with Crippen LogP contribution in [0.1, 0.15) is 29.0 Å². The number of hydrogen-bond donors (Lipinski definition) is 2. The second-order valence-corrected chi connectivity index (χ2v) is 5.92. The number of nitrogens with two attached hydrogens (primary N) is 1. The van der Waals surface area contributed by atoms with Crippen LogP contribution in [0.4, 0.5) is 4.39 Å². The van der Waals surface area contributed by atoms with Crippen LogP contribution in [0.15, 0.2) is 40.9 Å². The van der Waals surface area contributed by atoms with Gasteiger partial charge in [-0.25, -0.2) is 4.39 Å². The summed E-state index contributed by atoms with van der Waals surface area (Å²) in [6.07, 6.45) is 0. The van der Waals surface area contributed by atoms with E-state index in [1.165, 1.54) is 17.0 Å². The van der Waals surface area contributed by atoms with Gasteiger partial charge in [0.2, 0.25) is 0 Å². The van der Waals surface area contributed by atoms with Crippen molar-refractivity contribution >= 4 is 17.2 Å². The second kappa shape index (κ2) is 6.69. The Bertz CT molecular complexity index is 628. The molecule has 4 nitrogen and oxygen atoms in total. The number of hydrogen-bond acceptors (Lipinski definition) is 4. The summed E-state index contributed by atoms with van der Waals surface area (Å²) >= 11 is 1.70. The lowest BCUT2D eigenvalue weighted by atomic mass is 10.1. The molecule has 1 atom stereocenters. The number of rotatable bonds is 5. The predicted octanol–water partition coefficient (Wildman–Crippen LogP) is 3.17. The maximum Gasteiger partial charge on any atom is 0.170 e. The van der Waals surface area contributed by atoms with Crippen LogP contribution in [-0.2, 0) is 6.54 Å². The lowest BCUT2D eigenvalue weighted by Crippen LogP contribution is -2.22. The molecular weight excluding hydrogens is 289 g/mol. The molecule has 0 radical (unpaired) electrons. The SMILES string of the molecule is CC(c1cccs1)N(C)Cc1cc(F)cc(/C(N)=N/O)c1. The van der Waals surface area contributed by atoms with Gasteiger partial charge in [0.1, 0.15) is 5.82 Å². The van der Waals surface area contributed by atoms with E-state index in [0.717, 1.165) is 5.56 Å². The van der Waals surface area contributed by atoms with Gasteiger partial charge in [-0.3, -0.25) is 4.90 Å². The molecule has 0 amide bonds. The van der Waals surface area contributed by atoms with Crippen LogP contribution in [0.5, 0.6) is 0 Å². The number of amidine groups is 1. The molecule has 21 heavy (non-hydrogen) atoms. The first-order chi connectivity index (χ1) is 10.0. The van der Waals surface area contributed by atoms with Crippen LogP contribution in [0.3, 0.4) is 0 Å². The fourth-order valence-corrected chi connectivity index (χ4v) is 2.97. The molecule has 3 N–H and O–H groups in total. The van der Waals surface area contributed by atoms with Crippen molar-refractivity contribution in [3.05, 3.63) is 57.5 Å². The number of oxime groups is 1. The first kappa shape index (κ1) is 15.5. The third-order valence-corrected chi connectivity index (χ3v) is 4.45. The normalized spacial score (nSPS) is 13.6. The molecule has 0 saturated heterocycles. The molecule has 0 bridgehead atoms. The van der Waals surface area contributed by atoms with Gasteiger partial charge in [0, 0.05) is 23.0 Å². The molecule has 6 heteroatoms. The van der Waals surface area contributed by atoms with E-state index in [9.17, 15) is 4.39 Å².